The summed E-state index contributed by atoms with van der Waals surface area (Å²) in [6, 6.07) is 11.3. The average molecular weight is 667 g/mol. The summed E-state index contributed by atoms with van der Waals surface area (Å²) in [4.78, 5) is 78.6. The average Bonchev–Trinajstić information content (AvgIpc) is 3.57. The molecule has 0 spiro atoms. The number of carbonyl (C=O) groups excluding carboxylic acids is 6. The Bertz CT molecular complexity index is 1410. The number of rotatable bonds is 18. The van der Waals surface area contributed by atoms with Crippen molar-refractivity contribution in [3.05, 3.63) is 65.7 Å². The second kappa shape index (κ2) is 19.0. The Labute approximate surface area is 279 Å². The van der Waals surface area contributed by atoms with Gasteiger partial charge in [0.2, 0.25) is 35.4 Å². The molecular weight excluding hydrogens is 620 g/mol. The predicted molar refractivity (Wildman–Crippen MR) is 177 cm³/mol. The van der Waals surface area contributed by atoms with Crippen LogP contribution in [0.15, 0.2) is 54.6 Å². The number of amides is 6. The normalized spacial score (nSPS) is 15.9. The third-order valence-electron chi connectivity index (χ3n) is 8.00. The summed E-state index contributed by atoms with van der Waals surface area (Å²) in [5, 5.41) is 20.0. The molecule has 1 saturated heterocycles. The van der Waals surface area contributed by atoms with Crippen LogP contribution in [-0.4, -0.2) is 95.8 Å². The number of nitrogens with zero attached hydrogens (tertiary/aromatic N) is 1. The maximum Gasteiger partial charge on any atom is 0.246 e. The molecule has 0 aromatic heterocycles. The first-order chi connectivity index (χ1) is 23.0. The van der Waals surface area contributed by atoms with Crippen molar-refractivity contribution in [1.82, 2.24) is 26.2 Å². The van der Waals surface area contributed by atoms with Crippen molar-refractivity contribution < 1.29 is 33.9 Å². The molecule has 0 radical (unpaired) electrons. The lowest BCUT2D eigenvalue weighted by atomic mass is 10.0. The SMILES string of the molecule is NCCCC[C@H](NC(=O)CNC(=O)[C@@H]1CCCN1C(=O)[C@H](Cc1ccc(O)cc1)NC(=O)CN)C(=O)N[C@@H](Cc1ccccc1)C(N)=O. The Hall–Kier alpha value is -5.02. The van der Waals surface area contributed by atoms with Crippen LogP contribution in [0.25, 0.3) is 0 Å². The molecule has 0 unspecified atom stereocenters. The summed E-state index contributed by atoms with van der Waals surface area (Å²) < 4.78 is 0. The fourth-order valence-electron chi connectivity index (χ4n) is 5.46. The van der Waals surface area contributed by atoms with Crippen molar-refractivity contribution in [3.63, 3.8) is 0 Å². The molecule has 0 saturated carbocycles. The van der Waals surface area contributed by atoms with Crippen LogP contribution in [0.1, 0.15) is 43.2 Å². The van der Waals surface area contributed by atoms with Crippen molar-refractivity contribution >= 4 is 35.4 Å². The minimum atomic E-state index is -1.02. The zero-order valence-electron chi connectivity index (χ0n) is 26.9. The van der Waals surface area contributed by atoms with Gasteiger partial charge in [-0.1, -0.05) is 42.5 Å². The van der Waals surface area contributed by atoms with Gasteiger partial charge in [-0.25, -0.2) is 0 Å². The van der Waals surface area contributed by atoms with Gasteiger partial charge in [-0.3, -0.25) is 28.8 Å². The van der Waals surface area contributed by atoms with Crippen LogP contribution >= 0.6 is 0 Å². The van der Waals surface area contributed by atoms with Gasteiger partial charge in [0.1, 0.15) is 29.9 Å². The minimum absolute atomic E-state index is 0.0494. The van der Waals surface area contributed by atoms with E-state index in [1.165, 1.54) is 17.0 Å². The van der Waals surface area contributed by atoms with Gasteiger partial charge in [0.05, 0.1) is 13.1 Å². The van der Waals surface area contributed by atoms with Gasteiger partial charge in [0.25, 0.3) is 0 Å². The zero-order chi connectivity index (χ0) is 35.1. The molecule has 0 bridgehead atoms. The summed E-state index contributed by atoms with van der Waals surface area (Å²) in [6.45, 7) is -0.151. The van der Waals surface area contributed by atoms with E-state index in [0.29, 0.717) is 37.8 Å². The van der Waals surface area contributed by atoms with Crippen LogP contribution in [0.3, 0.4) is 0 Å². The first-order valence-corrected chi connectivity index (χ1v) is 16.0. The van der Waals surface area contributed by atoms with E-state index in [1.54, 1.807) is 36.4 Å². The molecule has 3 rings (SSSR count). The van der Waals surface area contributed by atoms with Gasteiger partial charge in [-0.05, 0) is 61.9 Å². The van der Waals surface area contributed by atoms with Crippen molar-refractivity contribution in [1.29, 1.82) is 0 Å². The third kappa shape index (κ3) is 11.7. The summed E-state index contributed by atoms with van der Waals surface area (Å²) in [6.07, 6.45) is 2.51. The number of aromatic hydroxyl groups is 1. The van der Waals surface area contributed by atoms with E-state index >= 15 is 0 Å². The van der Waals surface area contributed by atoms with Crippen LogP contribution in [0.4, 0.5) is 0 Å². The van der Waals surface area contributed by atoms with Crippen molar-refractivity contribution in [2.75, 3.05) is 26.2 Å². The lowest BCUT2D eigenvalue weighted by Crippen LogP contribution is -2.56. The molecule has 15 nitrogen and oxygen atoms in total. The lowest BCUT2D eigenvalue weighted by molar-refractivity contribution is -0.141. The summed E-state index contributed by atoms with van der Waals surface area (Å²) in [5.41, 5.74) is 18.1. The molecule has 1 fully saturated rings. The lowest BCUT2D eigenvalue weighted by Gasteiger charge is -2.29. The second-order valence-corrected chi connectivity index (χ2v) is 11.7. The van der Waals surface area contributed by atoms with Crippen LogP contribution in [0.2, 0.25) is 0 Å². The fourth-order valence-corrected chi connectivity index (χ4v) is 5.46. The molecule has 260 valence electrons. The second-order valence-electron chi connectivity index (χ2n) is 11.7. The molecule has 11 N–H and O–H groups in total. The monoisotopic (exact) mass is 666 g/mol. The molecule has 1 aliphatic heterocycles. The van der Waals surface area contributed by atoms with E-state index in [2.05, 4.69) is 21.3 Å². The highest BCUT2D eigenvalue weighted by molar-refractivity contribution is 5.95. The number of hydrogen-bond donors (Lipinski definition) is 8. The van der Waals surface area contributed by atoms with Gasteiger partial charge in [0, 0.05) is 19.4 Å². The number of nitrogens with one attached hydrogen (secondary N) is 4. The smallest absolute Gasteiger partial charge is 0.246 e. The molecule has 2 aromatic carbocycles. The Kier molecular flexibility index (Phi) is 14.8. The minimum Gasteiger partial charge on any atom is -0.508 e. The maximum atomic E-state index is 13.6. The predicted octanol–water partition coefficient (Wildman–Crippen LogP) is -1.69. The number of likely N-dealkylation sites (tertiary alicyclic amines) is 1. The summed E-state index contributed by atoms with van der Waals surface area (Å²) in [5.74, 6) is -3.52. The fraction of sp³-hybridized carbons (Fsp3) is 0.455. The van der Waals surface area contributed by atoms with Crippen LogP contribution in [0.5, 0.6) is 5.75 Å². The Morgan fingerprint density at radius 3 is 2.10 bits per heavy atom. The number of primary amides is 1. The van der Waals surface area contributed by atoms with E-state index in [1.807, 2.05) is 6.07 Å². The number of unbranched alkanes of at least 4 members (excludes halogenated alkanes) is 1. The highest BCUT2D eigenvalue weighted by Crippen LogP contribution is 2.20. The Morgan fingerprint density at radius 1 is 0.812 bits per heavy atom. The largest absolute Gasteiger partial charge is 0.508 e. The quantitative estimate of drug-likeness (QED) is 0.0844. The number of nitrogens with two attached hydrogens (primary N) is 3. The summed E-state index contributed by atoms with van der Waals surface area (Å²) in [7, 11) is 0. The number of phenols is 1. The Morgan fingerprint density at radius 2 is 1.46 bits per heavy atom. The molecule has 0 aliphatic carbocycles. The van der Waals surface area contributed by atoms with Gasteiger partial charge in [-0.2, -0.15) is 0 Å². The van der Waals surface area contributed by atoms with E-state index in [0.717, 1.165) is 5.56 Å². The first-order valence-electron chi connectivity index (χ1n) is 16.0. The standard InChI is InChI=1S/C33H46N8O7/c34-15-5-4-9-24(31(46)40-25(30(36)45)17-21-7-2-1-3-8-21)38-29(44)20-37-32(47)27-10-6-16-41(27)33(48)26(39-28(43)19-35)18-22-11-13-23(42)14-12-22/h1-3,7-8,11-14,24-27,42H,4-6,9-10,15-20,34-35H2,(H2,36,45)(H,37,47)(H,38,44)(H,39,43)(H,40,46)/t24-,25-,26-,27-/m0/s1. The molecule has 2 aromatic rings. The highest BCUT2D eigenvalue weighted by atomic mass is 16.3. The number of benzene rings is 2. The van der Waals surface area contributed by atoms with Crippen molar-refractivity contribution in [2.24, 2.45) is 17.2 Å². The van der Waals surface area contributed by atoms with Gasteiger partial charge in [0.15, 0.2) is 0 Å². The first kappa shape index (κ1) is 37.4. The summed E-state index contributed by atoms with van der Waals surface area (Å²) >= 11 is 0. The molecule has 1 aliphatic rings. The molecule has 6 amide bonds. The van der Waals surface area contributed by atoms with Gasteiger partial charge >= 0.3 is 0 Å². The molecule has 48 heavy (non-hydrogen) atoms. The Balaban J connectivity index is 1.62. The molecule has 4 atom stereocenters. The van der Waals surface area contributed by atoms with Gasteiger partial charge < -0.3 is 48.5 Å². The molecule has 15 heteroatoms. The molecule has 1 heterocycles. The maximum absolute atomic E-state index is 13.6. The number of phenolic OH excluding ortho intramolecular Hbond substituents is 1. The van der Waals surface area contributed by atoms with Gasteiger partial charge in [-0.15, -0.1) is 0 Å². The van der Waals surface area contributed by atoms with E-state index in [-0.39, 0.29) is 38.1 Å². The van der Waals surface area contributed by atoms with Crippen LogP contribution in [-0.2, 0) is 41.6 Å². The van der Waals surface area contributed by atoms with E-state index < -0.39 is 66.2 Å². The van der Waals surface area contributed by atoms with Crippen LogP contribution in [0, 0.1) is 0 Å². The third-order valence-corrected chi connectivity index (χ3v) is 8.00. The topological polar surface area (TPSA) is 252 Å². The van der Waals surface area contributed by atoms with E-state index in [4.69, 9.17) is 17.2 Å². The molecular formula is C33H46N8O7. The van der Waals surface area contributed by atoms with E-state index in [9.17, 15) is 33.9 Å². The van der Waals surface area contributed by atoms with Crippen molar-refractivity contribution in [3.8, 4) is 5.75 Å². The number of hydrogen-bond acceptors (Lipinski definition) is 9. The van der Waals surface area contributed by atoms with Crippen molar-refractivity contribution in [2.45, 2.75) is 69.1 Å². The zero-order valence-corrected chi connectivity index (χ0v) is 26.9. The number of carbonyl (C=O) groups is 6. The highest BCUT2D eigenvalue weighted by Gasteiger charge is 2.38. The van der Waals surface area contributed by atoms with Crippen LogP contribution < -0.4 is 38.5 Å².